The van der Waals surface area contributed by atoms with E-state index in [1.807, 2.05) is 0 Å². The smallest absolute Gasteiger partial charge is 0.326 e. The van der Waals surface area contributed by atoms with Gasteiger partial charge < -0.3 is 10.2 Å². The van der Waals surface area contributed by atoms with Gasteiger partial charge in [0.25, 0.3) is 5.56 Å². The van der Waals surface area contributed by atoms with Crippen LogP contribution in [0, 0.1) is 0 Å². The van der Waals surface area contributed by atoms with Gasteiger partial charge in [0.15, 0.2) is 0 Å². The molecule has 0 atom stereocenters. The van der Waals surface area contributed by atoms with E-state index in [1.54, 1.807) is 53.4 Å². The first kappa shape index (κ1) is 18.7. The number of amides is 2. The van der Waals surface area contributed by atoms with E-state index < -0.39 is 11.2 Å². The standard InChI is InChI=1S/C21H20N4O4/c26-18(22-14-7-9-15(10-8-14)24-12-3-6-19(24)27)11-13-25-17-5-2-1-4-16(17)20(28)23-21(25)29/h1-2,4-5,7-10H,3,6,11-13H2,(H,22,26)(H,23,28,29). The van der Waals surface area contributed by atoms with Crippen molar-refractivity contribution in [2.24, 2.45) is 0 Å². The number of aryl methyl sites for hydroxylation is 1. The van der Waals surface area contributed by atoms with Crippen LogP contribution in [0.5, 0.6) is 0 Å². The molecule has 0 spiro atoms. The molecule has 1 aliphatic rings. The molecule has 0 unspecified atom stereocenters. The molecule has 1 fully saturated rings. The van der Waals surface area contributed by atoms with Crippen LogP contribution in [0.25, 0.3) is 10.9 Å². The Kier molecular flexibility index (Phi) is 4.99. The average Bonchev–Trinajstić information content (AvgIpc) is 3.14. The predicted octanol–water partition coefficient (Wildman–Crippen LogP) is 1.85. The van der Waals surface area contributed by atoms with Gasteiger partial charge in [0.1, 0.15) is 0 Å². The minimum atomic E-state index is -0.541. The Bertz CT molecular complexity index is 1190. The molecule has 2 aromatic carbocycles. The highest BCUT2D eigenvalue weighted by Crippen LogP contribution is 2.23. The average molecular weight is 392 g/mol. The maximum Gasteiger partial charge on any atom is 0.328 e. The lowest BCUT2D eigenvalue weighted by atomic mass is 10.2. The molecular formula is C21H20N4O4. The lowest BCUT2D eigenvalue weighted by Crippen LogP contribution is -2.31. The molecule has 1 saturated heterocycles. The summed E-state index contributed by atoms with van der Waals surface area (Å²) in [6, 6.07) is 13.9. The number of aromatic amines is 1. The molecule has 2 N–H and O–H groups in total. The van der Waals surface area contributed by atoms with Gasteiger partial charge in [-0.15, -0.1) is 0 Å². The Hall–Kier alpha value is -3.68. The molecule has 0 bridgehead atoms. The van der Waals surface area contributed by atoms with E-state index in [2.05, 4.69) is 10.3 Å². The van der Waals surface area contributed by atoms with Gasteiger partial charge in [0.2, 0.25) is 11.8 Å². The predicted molar refractivity (Wildman–Crippen MR) is 110 cm³/mol. The third kappa shape index (κ3) is 3.82. The first-order chi connectivity index (χ1) is 14.0. The maximum absolute atomic E-state index is 12.3. The highest BCUT2D eigenvalue weighted by molar-refractivity contribution is 5.96. The van der Waals surface area contributed by atoms with Crippen molar-refractivity contribution in [1.29, 1.82) is 0 Å². The van der Waals surface area contributed by atoms with Gasteiger partial charge in [0, 0.05) is 37.3 Å². The second kappa shape index (κ2) is 7.75. The van der Waals surface area contributed by atoms with Crippen molar-refractivity contribution in [1.82, 2.24) is 9.55 Å². The first-order valence-corrected chi connectivity index (χ1v) is 9.45. The van der Waals surface area contributed by atoms with Crippen molar-refractivity contribution in [3.63, 3.8) is 0 Å². The van der Waals surface area contributed by atoms with Crippen LogP contribution in [-0.4, -0.2) is 27.9 Å². The van der Waals surface area contributed by atoms with E-state index in [4.69, 9.17) is 0 Å². The van der Waals surface area contributed by atoms with Crippen molar-refractivity contribution in [2.45, 2.75) is 25.8 Å². The van der Waals surface area contributed by atoms with E-state index >= 15 is 0 Å². The molecular weight excluding hydrogens is 372 g/mol. The number of nitrogens with zero attached hydrogens (tertiary/aromatic N) is 2. The Balaban J connectivity index is 1.43. The molecule has 0 aliphatic carbocycles. The van der Waals surface area contributed by atoms with Crippen molar-refractivity contribution in [3.05, 3.63) is 69.4 Å². The summed E-state index contributed by atoms with van der Waals surface area (Å²) in [5.74, 6) is -0.141. The quantitative estimate of drug-likeness (QED) is 0.691. The fourth-order valence-electron chi connectivity index (χ4n) is 3.55. The number of carbonyl (C=O) groups excluding carboxylic acids is 2. The number of rotatable bonds is 5. The molecule has 148 valence electrons. The van der Waals surface area contributed by atoms with Crippen LogP contribution >= 0.6 is 0 Å². The third-order valence-electron chi connectivity index (χ3n) is 5.00. The van der Waals surface area contributed by atoms with Crippen molar-refractivity contribution < 1.29 is 9.59 Å². The topological polar surface area (TPSA) is 104 Å². The largest absolute Gasteiger partial charge is 0.328 e. The zero-order chi connectivity index (χ0) is 20.4. The summed E-state index contributed by atoms with van der Waals surface area (Å²) in [7, 11) is 0. The summed E-state index contributed by atoms with van der Waals surface area (Å²) in [5, 5.41) is 3.19. The van der Waals surface area contributed by atoms with Crippen LogP contribution < -0.4 is 21.5 Å². The number of para-hydroxylation sites is 1. The van der Waals surface area contributed by atoms with Crippen LogP contribution in [0.4, 0.5) is 11.4 Å². The summed E-state index contributed by atoms with van der Waals surface area (Å²) in [5.41, 5.74) is 0.943. The van der Waals surface area contributed by atoms with Crippen molar-refractivity contribution >= 4 is 34.1 Å². The first-order valence-electron chi connectivity index (χ1n) is 9.45. The van der Waals surface area contributed by atoms with Gasteiger partial charge in [-0.05, 0) is 42.8 Å². The summed E-state index contributed by atoms with van der Waals surface area (Å²) in [6.45, 7) is 0.856. The molecule has 2 amide bonds. The Labute approximate surface area is 165 Å². The Morgan fingerprint density at radius 2 is 1.79 bits per heavy atom. The van der Waals surface area contributed by atoms with Crippen LogP contribution in [0.2, 0.25) is 0 Å². The van der Waals surface area contributed by atoms with Gasteiger partial charge >= 0.3 is 5.69 Å². The Morgan fingerprint density at radius 1 is 1.03 bits per heavy atom. The summed E-state index contributed by atoms with van der Waals surface area (Å²) in [4.78, 5) is 52.2. The zero-order valence-corrected chi connectivity index (χ0v) is 15.7. The molecule has 4 rings (SSSR count). The lowest BCUT2D eigenvalue weighted by molar-refractivity contribution is -0.117. The van der Waals surface area contributed by atoms with Gasteiger partial charge in [0.05, 0.1) is 10.9 Å². The number of anilines is 2. The van der Waals surface area contributed by atoms with E-state index in [1.165, 1.54) is 4.57 Å². The maximum atomic E-state index is 12.3. The van der Waals surface area contributed by atoms with E-state index in [0.29, 0.717) is 29.6 Å². The number of fused-ring (bicyclic) bond motifs is 1. The summed E-state index contributed by atoms with van der Waals surface area (Å²) < 4.78 is 1.39. The monoisotopic (exact) mass is 392 g/mol. The van der Waals surface area contributed by atoms with Gasteiger partial charge in [-0.1, -0.05) is 12.1 Å². The van der Waals surface area contributed by atoms with Crippen LogP contribution in [-0.2, 0) is 16.1 Å². The normalized spacial score (nSPS) is 13.8. The van der Waals surface area contributed by atoms with Gasteiger partial charge in [-0.2, -0.15) is 0 Å². The minimum Gasteiger partial charge on any atom is -0.326 e. The van der Waals surface area contributed by atoms with Crippen molar-refractivity contribution in [3.8, 4) is 0 Å². The fourth-order valence-corrected chi connectivity index (χ4v) is 3.55. The molecule has 29 heavy (non-hydrogen) atoms. The van der Waals surface area contributed by atoms with Crippen LogP contribution in [0.1, 0.15) is 19.3 Å². The van der Waals surface area contributed by atoms with Crippen LogP contribution in [0.3, 0.4) is 0 Å². The molecule has 8 heteroatoms. The second-order valence-corrected chi connectivity index (χ2v) is 6.92. The number of nitrogens with one attached hydrogen (secondary N) is 2. The molecule has 1 aliphatic heterocycles. The van der Waals surface area contributed by atoms with E-state index in [0.717, 1.165) is 12.1 Å². The SMILES string of the molecule is O=C(CCn1c(=O)[nH]c(=O)c2ccccc21)Nc1ccc(N2CCCC2=O)cc1. The zero-order valence-electron chi connectivity index (χ0n) is 15.7. The molecule has 2 heterocycles. The highest BCUT2D eigenvalue weighted by atomic mass is 16.2. The van der Waals surface area contributed by atoms with Gasteiger partial charge in [-0.3, -0.25) is 23.9 Å². The summed E-state index contributed by atoms with van der Waals surface area (Å²) >= 11 is 0. The molecule has 0 saturated carbocycles. The molecule has 3 aromatic rings. The van der Waals surface area contributed by atoms with Crippen LogP contribution in [0.15, 0.2) is 58.1 Å². The number of hydrogen-bond donors (Lipinski definition) is 2. The molecule has 8 nitrogen and oxygen atoms in total. The van der Waals surface area contributed by atoms with Crippen molar-refractivity contribution in [2.75, 3.05) is 16.8 Å². The highest BCUT2D eigenvalue weighted by Gasteiger charge is 2.21. The number of benzene rings is 2. The number of hydrogen-bond acceptors (Lipinski definition) is 4. The Morgan fingerprint density at radius 3 is 2.52 bits per heavy atom. The second-order valence-electron chi connectivity index (χ2n) is 6.92. The molecule has 1 aromatic heterocycles. The minimum absolute atomic E-state index is 0.0717. The number of H-pyrrole nitrogens is 1. The van der Waals surface area contributed by atoms with E-state index in [-0.39, 0.29) is 24.8 Å². The van der Waals surface area contributed by atoms with Gasteiger partial charge in [-0.25, -0.2) is 4.79 Å². The molecule has 0 radical (unpaired) electrons. The summed E-state index contributed by atoms with van der Waals surface area (Å²) in [6.07, 6.45) is 1.50. The lowest BCUT2D eigenvalue weighted by Gasteiger charge is -2.16. The fraction of sp³-hybridized carbons (Fsp3) is 0.238. The number of carbonyl (C=O) groups is 2. The third-order valence-corrected chi connectivity index (χ3v) is 5.00. The number of aromatic nitrogens is 2. The van der Waals surface area contributed by atoms with E-state index in [9.17, 15) is 19.2 Å².